The summed E-state index contributed by atoms with van der Waals surface area (Å²) >= 11 is 10.1. The molecule has 1 aliphatic rings. The highest BCUT2D eigenvalue weighted by Crippen LogP contribution is 2.75. The fraction of sp³-hybridized carbons (Fsp3) is 1.00. The summed E-state index contributed by atoms with van der Waals surface area (Å²) in [6, 6.07) is 0. The molecule has 1 nitrogen and oxygen atoms in total. The molecule has 0 bridgehead atoms. The van der Waals surface area contributed by atoms with E-state index in [2.05, 4.69) is 55.1 Å². The Balaban J connectivity index is 2.82. The van der Waals surface area contributed by atoms with E-state index in [1.54, 1.807) is 0 Å². The maximum Gasteiger partial charge on any atom is 0.120 e. The van der Waals surface area contributed by atoms with Gasteiger partial charge < -0.3 is 0 Å². The first-order valence-electron chi connectivity index (χ1n) is 5.57. The molecule has 0 amide bonds. The molecule has 15 heavy (non-hydrogen) atoms. The average Bonchev–Trinajstić information content (AvgIpc) is 2.13. The second kappa shape index (κ2) is 5.77. The van der Waals surface area contributed by atoms with Crippen LogP contribution in [0.3, 0.4) is 0 Å². The molecule has 1 heterocycles. The third-order valence-corrected chi connectivity index (χ3v) is 13.9. The Bertz CT molecular complexity index is 240. The Morgan fingerprint density at radius 1 is 1.27 bits per heavy atom. The Hall–Kier alpha value is 1.31. The van der Waals surface area contributed by atoms with Crippen LogP contribution in [0, 0.1) is 0 Å². The zero-order valence-corrected chi connectivity index (χ0v) is 13.5. The summed E-state index contributed by atoms with van der Waals surface area (Å²) in [5.41, 5.74) is 0.225. The van der Waals surface area contributed by atoms with Gasteiger partial charge in [0.1, 0.15) is 4.59 Å². The lowest BCUT2D eigenvalue weighted by atomic mass is 10.1. The van der Waals surface area contributed by atoms with Crippen LogP contribution in [-0.4, -0.2) is 28.3 Å². The summed E-state index contributed by atoms with van der Waals surface area (Å²) in [5, 5.41) is 0. The van der Waals surface area contributed by atoms with Crippen molar-refractivity contribution in [3.63, 3.8) is 0 Å². The number of nitrogens with zero attached hydrogens (tertiary/aromatic N) is 1. The topological polar surface area (TPSA) is 3.24 Å². The lowest BCUT2D eigenvalue weighted by Crippen LogP contribution is -2.38. The van der Waals surface area contributed by atoms with Gasteiger partial charge in [-0.25, -0.2) is 0 Å². The van der Waals surface area contributed by atoms with Gasteiger partial charge in [-0.05, 0) is 33.6 Å². The van der Waals surface area contributed by atoms with Crippen LogP contribution in [0.2, 0.25) is 0 Å². The van der Waals surface area contributed by atoms with Gasteiger partial charge in [-0.2, -0.15) is 0 Å². The maximum absolute atomic E-state index is 5.95. The summed E-state index contributed by atoms with van der Waals surface area (Å²) < 4.78 is 1.24. The summed E-state index contributed by atoms with van der Waals surface area (Å²) in [5.74, 6) is 2.53. The predicted molar refractivity (Wildman–Crippen MR) is 80.6 cm³/mol. The first-order valence-corrected chi connectivity index (χ1v) is 11.5. The number of hydrogen-bond donors (Lipinski definition) is 0. The molecule has 1 fully saturated rings. The second-order valence-corrected chi connectivity index (χ2v) is 15.9. The smallest absolute Gasteiger partial charge is 0.120 e. The van der Waals surface area contributed by atoms with Crippen LogP contribution in [0.15, 0.2) is 0 Å². The van der Waals surface area contributed by atoms with Crippen molar-refractivity contribution in [2.45, 2.75) is 46.1 Å². The highest BCUT2D eigenvalue weighted by molar-refractivity contribution is 9.00. The first kappa shape index (κ1) is 14.4. The molecule has 0 radical (unpaired) electrons. The molecule has 0 atom stereocenters. The molecule has 0 spiro atoms. The van der Waals surface area contributed by atoms with E-state index in [-0.39, 0.29) is 5.54 Å². The van der Waals surface area contributed by atoms with Gasteiger partial charge >= 0.3 is 0 Å². The summed E-state index contributed by atoms with van der Waals surface area (Å²) in [7, 11) is 0. The van der Waals surface area contributed by atoms with Gasteiger partial charge in [0.2, 0.25) is 0 Å². The average molecular weight is 283 g/mol. The van der Waals surface area contributed by atoms with Crippen LogP contribution in [0.1, 0.15) is 40.5 Å². The monoisotopic (exact) mass is 283 g/mol. The molecule has 0 aromatic rings. The molecular formula is C10H22NPS3. The Kier molecular flexibility index (Phi) is 5.53. The van der Waals surface area contributed by atoms with Crippen molar-refractivity contribution in [1.29, 1.82) is 0 Å². The van der Waals surface area contributed by atoms with E-state index in [0.717, 1.165) is 6.54 Å². The van der Waals surface area contributed by atoms with Gasteiger partial charge in [-0.15, -0.1) is 0 Å². The Morgan fingerprint density at radius 3 is 2.20 bits per heavy atom. The molecule has 1 saturated heterocycles. The summed E-state index contributed by atoms with van der Waals surface area (Å²) in [4.78, 5) is 0. The van der Waals surface area contributed by atoms with Crippen molar-refractivity contribution in [3.05, 3.63) is 0 Å². The van der Waals surface area contributed by atoms with E-state index in [9.17, 15) is 0 Å². The van der Waals surface area contributed by atoms with Crippen molar-refractivity contribution in [2.24, 2.45) is 0 Å². The van der Waals surface area contributed by atoms with Crippen molar-refractivity contribution in [1.82, 2.24) is 4.67 Å². The largest absolute Gasteiger partial charge is 0.254 e. The van der Waals surface area contributed by atoms with Crippen molar-refractivity contribution < 1.29 is 0 Å². The minimum atomic E-state index is -1.36. The number of hydrogen-bond acceptors (Lipinski definition) is 3. The lowest BCUT2D eigenvalue weighted by Gasteiger charge is -2.44. The lowest BCUT2D eigenvalue weighted by molar-refractivity contribution is 0.269. The fourth-order valence-electron chi connectivity index (χ4n) is 1.63. The van der Waals surface area contributed by atoms with E-state index in [4.69, 9.17) is 11.8 Å². The van der Waals surface area contributed by atoms with Crippen LogP contribution in [0.4, 0.5) is 0 Å². The predicted octanol–water partition coefficient (Wildman–Crippen LogP) is 4.59. The SMILES string of the molecule is CCCN(C(C)(C)C)P1(=S)SCCCS1. The molecular weight excluding hydrogens is 261 g/mol. The molecule has 0 N–H and O–H groups in total. The maximum atomic E-state index is 5.95. The fourth-order valence-corrected chi connectivity index (χ4v) is 13.9. The van der Waals surface area contributed by atoms with E-state index in [1.807, 2.05) is 0 Å². The van der Waals surface area contributed by atoms with Gasteiger partial charge in [0.25, 0.3) is 0 Å². The van der Waals surface area contributed by atoms with Crippen molar-refractivity contribution in [2.75, 3.05) is 18.1 Å². The van der Waals surface area contributed by atoms with Gasteiger partial charge in [-0.1, -0.05) is 41.5 Å². The second-order valence-electron chi connectivity index (χ2n) is 4.78. The van der Waals surface area contributed by atoms with Gasteiger partial charge in [-0.3, -0.25) is 4.67 Å². The van der Waals surface area contributed by atoms with E-state index in [0.29, 0.717) is 0 Å². The van der Waals surface area contributed by atoms with Gasteiger partial charge in [0, 0.05) is 23.6 Å². The molecule has 0 aliphatic carbocycles. The van der Waals surface area contributed by atoms with Gasteiger partial charge in [0.05, 0.1) is 0 Å². The van der Waals surface area contributed by atoms with Crippen LogP contribution < -0.4 is 0 Å². The molecule has 90 valence electrons. The summed E-state index contributed by atoms with van der Waals surface area (Å²) in [6.45, 7) is 10.3. The number of rotatable bonds is 3. The highest BCUT2D eigenvalue weighted by atomic mass is 33.2. The molecule has 0 aromatic carbocycles. The zero-order chi connectivity index (χ0) is 11.5. The van der Waals surface area contributed by atoms with Crippen LogP contribution in [-0.2, 0) is 11.8 Å². The molecule has 0 aromatic heterocycles. The normalized spacial score (nSPS) is 21.9. The molecule has 1 aliphatic heterocycles. The Labute approximate surface area is 108 Å². The van der Waals surface area contributed by atoms with Gasteiger partial charge in [0.15, 0.2) is 0 Å². The minimum absolute atomic E-state index is 0.225. The van der Waals surface area contributed by atoms with Crippen LogP contribution >= 0.6 is 27.4 Å². The molecule has 0 saturated carbocycles. The third kappa shape index (κ3) is 3.92. The first-order chi connectivity index (χ1) is 6.90. The van der Waals surface area contributed by atoms with E-state index >= 15 is 0 Å². The van der Waals surface area contributed by atoms with E-state index < -0.39 is 4.59 Å². The van der Waals surface area contributed by atoms with Crippen molar-refractivity contribution in [3.8, 4) is 0 Å². The van der Waals surface area contributed by atoms with Crippen LogP contribution in [0.25, 0.3) is 0 Å². The summed E-state index contributed by atoms with van der Waals surface area (Å²) in [6.07, 6.45) is 2.54. The standard InChI is InChI=1S/C10H22NPS3/c1-5-7-11(10(2,3)4)12(13)14-8-6-9-15-12/h5-9H2,1-4H3. The zero-order valence-electron chi connectivity index (χ0n) is 10.2. The van der Waals surface area contributed by atoms with Crippen LogP contribution in [0.5, 0.6) is 0 Å². The minimum Gasteiger partial charge on any atom is -0.254 e. The quantitative estimate of drug-likeness (QED) is 0.696. The van der Waals surface area contributed by atoms with E-state index in [1.165, 1.54) is 24.3 Å². The molecule has 1 rings (SSSR count). The Morgan fingerprint density at radius 2 is 1.80 bits per heavy atom. The van der Waals surface area contributed by atoms with Crippen molar-refractivity contribution >= 4 is 39.2 Å². The third-order valence-electron chi connectivity index (χ3n) is 2.30. The molecule has 0 unspecified atom stereocenters. The highest BCUT2D eigenvalue weighted by Gasteiger charge is 2.35. The molecule has 5 heteroatoms.